The van der Waals surface area contributed by atoms with Gasteiger partial charge in [0.2, 0.25) is 5.91 Å². The lowest BCUT2D eigenvalue weighted by Crippen LogP contribution is -2.51. The number of unbranched alkanes of at least 4 members (excludes halogenated alkanes) is 1. The SMILES string of the molecule is CCCC[C@@H](CO)NC(=O)[C@H](CC(C)C)NC(=O)OCc1ccc(OC)cc1. The van der Waals surface area contributed by atoms with Gasteiger partial charge < -0.3 is 25.2 Å². The second-order valence-corrected chi connectivity index (χ2v) is 7.28. The van der Waals surface area contributed by atoms with Crippen molar-refractivity contribution in [2.45, 2.75) is 65.1 Å². The molecule has 0 spiro atoms. The Morgan fingerprint density at radius 2 is 1.82 bits per heavy atom. The molecule has 0 aliphatic carbocycles. The van der Waals surface area contributed by atoms with Gasteiger partial charge in [-0.05, 0) is 36.5 Å². The Kier molecular flexibility index (Phi) is 11.0. The number of amides is 2. The molecule has 0 aliphatic heterocycles. The molecule has 1 rings (SSSR count). The predicted molar refractivity (Wildman–Crippen MR) is 108 cm³/mol. The van der Waals surface area contributed by atoms with E-state index in [1.165, 1.54) is 0 Å². The number of alkyl carbamates (subject to hydrolysis) is 1. The van der Waals surface area contributed by atoms with E-state index in [1.807, 2.05) is 26.0 Å². The molecule has 1 aromatic rings. The molecule has 0 saturated heterocycles. The summed E-state index contributed by atoms with van der Waals surface area (Å²) in [4.78, 5) is 24.8. The summed E-state index contributed by atoms with van der Waals surface area (Å²) in [6, 6.07) is 6.18. The Bertz CT molecular complexity index is 589. The van der Waals surface area contributed by atoms with Crippen LogP contribution in [0.3, 0.4) is 0 Å². The van der Waals surface area contributed by atoms with Gasteiger partial charge in [0.05, 0.1) is 19.8 Å². The molecule has 3 N–H and O–H groups in total. The van der Waals surface area contributed by atoms with Crippen molar-refractivity contribution in [3.8, 4) is 5.75 Å². The molecule has 0 aromatic heterocycles. The number of hydrogen-bond donors (Lipinski definition) is 3. The first kappa shape index (κ1) is 23.8. The van der Waals surface area contributed by atoms with Gasteiger partial charge >= 0.3 is 6.09 Å². The standard InChI is InChI=1S/C21H34N2O5/c1-5-6-7-17(13-24)22-20(25)19(12-15(2)3)23-21(26)28-14-16-8-10-18(27-4)11-9-16/h8-11,15,17,19,24H,5-7,12-14H2,1-4H3,(H,22,25)(H,23,26)/t17-,19-/m0/s1. The Morgan fingerprint density at radius 3 is 2.36 bits per heavy atom. The quantitative estimate of drug-likeness (QED) is 0.506. The van der Waals surface area contributed by atoms with Crippen LogP contribution in [0.4, 0.5) is 4.79 Å². The second kappa shape index (κ2) is 13.0. The number of benzene rings is 1. The number of carbonyl (C=O) groups is 2. The fraction of sp³-hybridized carbons (Fsp3) is 0.619. The van der Waals surface area contributed by atoms with Crippen molar-refractivity contribution in [3.05, 3.63) is 29.8 Å². The Hall–Kier alpha value is -2.28. The van der Waals surface area contributed by atoms with Gasteiger partial charge in [-0.25, -0.2) is 4.79 Å². The van der Waals surface area contributed by atoms with Crippen LogP contribution in [0.25, 0.3) is 0 Å². The molecule has 0 radical (unpaired) electrons. The van der Waals surface area contributed by atoms with Crippen LogP contribution in [0.5, 0.6) is 5.75 Å². The molecular formula is C21H34N2O5. The van der Waals surface area contributed by atoms with Gasteiger partial charge in [0, 0.05) is 0 Å². The fourth-order valence-corrected chi connectivity index (χ4v) is 2.72. The molecule has 0 aliphatic rings. The van der Waals surface area contributed by atoms with E-state index in [0.717, 1.165) is 24.2 Å². The number of aliphatic hydroxyl groups is 1. The van der Waals surface area contributed by atoms with Crippen molar-refractivity contribution in [2.24, 2.45) is 5.92 Å². The highest BCUT2D eigenvalue weighted by Gasteiger charge is 2.24. The third-order valence-corrected chi connectivity index (χ3v) is 4.32. The first-order valence-electron chi connectivity index (χ1n) is 9.87. The van der Waals surface area contributed by atoms with Crippen LogP contribution in [0, 0.1) is 5.92 Å². The van der Waals surface area contributed by atoms with E-state index >= 15 is 0 Å². The summed E-state index contributed by atoms with van der Waals surface area (Å²) in [5.41, 5.74) is 0.820. The van der Waals surface area contributed by atoms with E-state index in [9.17, 15) is 14.7 Å². The Morgan fingerprint density at radius 1 is 1.14 bits per heavy atom. The molecule has 0 saturated carbocycles. The number of hydrogen-bond acceptors (Lipinski definition) is 5. The second-order valence-electron chi connectivity index (χ2n) is 7.28. The van der Waals surface area contributed by atoms with E-state index in [0.29, 0.717) is 12.8 Å². The smallest absolute Gasteiger partial charge is 0.408 e. The highest BCUT2D eigenvalue weighted by Crippen LogP contribution is 2.12. The van der Waals surface area contributed by atoms with Gasteiger partial charge in [-0.1, -0.05) is 45.7 Å². The third kappa shape index (κ3) is 9.08. The van der Waals surface area contributed by atoms with Gasteiger partial charge in [-0.2, -0.15) is 0 Å². The molecule has 2 atom stereocenters. The summed E-state index contributed by atoms with van der Waals surface area (Å²) in [6.45, 7) is 5.98. The Balaban J connectivity index is 2.60. The summed E-state index contributed by atoms with van der Waals surface area (Å²) < 4.78 is 10.3. The number of ether oxygens (including phenoxy) is 2. The molecule has 0 unspecified atom stereocenters. The lowest BCUT2D eigenvalue weighted by molar-refractivity contribution is -0.124. The maximum Gasteiger partial charge on any atom is 0.408 e. The van der Waals surface area contributed by atoms with E-state index < -0.39 is 12.1 Å². The lowest BCUT2D eigenvalue weighted by Gasteiger charge is -2.23. The molecule has 1 aromatic carbocycles. The van der Waals surface area contributed by atoms with Crippen LogP contribution in [0.2, 0.25) is 0 Å². The average Bonchev–Trinajstić information content (AvgIpc) is 2.68. The predicted octanol–water partition coefficient (Wildman–Crippen LogP) is 3.00. The van der Waals surface area contributed by atoms with Crippen molar-refractivity contribution in [1.29, 1.82) is 0 Å². The number of rotatable bonds is 12. The minimum Gasteiger partial charge on any atom is -0.497 e. The summed E-state index contributed by atoms with van der Waals surface area (Å²) in [6.07, 6.45) is 2.44. The van der Waals surface area contributed by atoms with E-state index in [1.54, 1.807) is 19.2 Å². The van der Waals surface area contributed by atoms with Crippen LogP contribution in [-0.2, 0) is 16.1 Å². The fourth-order valence-electron chi connectivity index (χ4n) is 2.72. The van der Waals surface area contributed by atoms with Gasteiger partial charge in [-0.3, -0.25) is 4.79 Å². The highest BCUT2D eigenvalue weighted by atomic mass is 16.5. The van der Waals surface area contributed by atoms with Crippen LogP contribution >= 0.6 is 0 Å². The average molecular weight is 395 g/mol. The van der Waals surface area contributed by atoms with E-state index in [4.69, 9.17) is 9.47 Å². The monoisotopic (exact) mass is 394 g/mol. The molecule has 2 amide bonds. The molecule has 158 valence electrons. The van der Waals surface area contributed by atoms with Crippen molar-refractivity contribution in [3.63, 3.8) is 0 Å². The zero-order valence-electron chi connectivity index (χ0n) is 17.4. The van der Waals surface area contributed by atoms with Crippen LogP contribution < -0.4 is 15.4 Å². The largest absolute Gasteiger partial charge is 0.497 e. The topological polar surface area (TPSA) is 96.9 Å². The summed E-state index contributed by atoms with van der Waals surface area (Å²) in [7, 11) is 1.59. The maximum absolute atomic E-state index is 12.6. The van der Waals surface area contributed by atoms with Crippen LogP contribution in [-0.4, -0.2) is 42.9 Å². The first-order valence-corrected chi connectivity index (χ1v) is 9.87. The van der Waals surface area contributed by atoms with Crippen LogP contribution in [0.15, 0.2) is 24.3 Å². The number of methoxy groups -OCH3 is 1. The summed E-state index contributed by atoms with van der Waals surface area (Å²) in [5.74, 6) is 0.634. The number of aliphatic hydroxyl groups excluding tert-OH is 1. The number of carbonyl (C=O) groups excluding carboxylic acids is 2. The molecular weight excluding hydrogens is 360 g/mol. The zero-order chi connectivity index (χ0) is 20.9. The van der Waals surface area contributed by atoms with E-state index in [2.05, 4.69) is 17.6 Å². The summed E-state index contributed by atoms with van der Waals surface area (Å²) in [5, 5.41) is 14.9. The van der Waals surface area contributed by atoms with Crippen molar-refractivity contribution in [2.75, 3.05) is 13.7 Å². The number of nitrogens with one attached hydrogen (secondary N) is 2. The van der Waals surface area contributed by atoms with Gasteiger partial charge in [0.15, 0.2) is 0 Å². The Labute approximate surface area is 167 Å². The normalized spacial score (nSPS) is 12.9. The molecule has 0 bridgehead atoms. The van der Waals surface area contributed by atoms with Crippen molar-refractivity contribution < 1.29 is 24.2 Å². The maximum atomic E-state index is 12.6. The molecule has 7 heteroatoms. The molecule has 0 heterocycles. The minimum atomic E-state index is -0.709. The third-order valence-electron chi connectivity index (χ3n) is 4.32. The highest BCUT2D eigenvalue weighted by molar-refractivity contribution is 5.85. The van der Waals surface area contributed by atoms with Crippen molar-refractivity contribution in [1.82, 2.24) is 10.6 Å². The van der Waals surface area contributed by atoms with Gasteiger partial charge in [0.25, 0.3) is 0 Å². The first-order chi connectivity index (χ1) is 13.4. The molecule has 28 heavy (non-hydrogen) atoms. The van der Waals surface area contributed by atoms with Crippen LogP contribution in [0.1, 0.15) is 52.0 Å². The lowest BCUT2D eigenvalue weighted by atomic mass is 10.0. The van der Waals surface area contributed by atoms with Crippen molar-refractivity contribution >= 4 is 12.0 Å². The molecule has 7 nitrogen and oxygen atoms in total. The van der Waals surface area contributed by atoms with Gasteiger partial charge in [0.1, 0.15) is 18.4 Å². The summed E-state index contributed by atoms with van der Waals surface area (Å²) >= 11 is 0. The minimum absolute atomic E-state index is 0.0988. The zero-order valence-corrected chi connectivity index (χ0v) is 17.4. The molecule has 0 fully saturated rings. The van der Waals surface area contributed by atoms with Gasteiger partial charge in [-0.15, -0.1) is 0 Å². The van der Waals surface area contributed by atoms with E-state index in [-0.39, 0.29) is 31.1 Å².